The topological polar surface area (TPSA) is 57.1 Å². The van der Waals surface area contributed by atoms with Gasteiger partial charge in [-0.25, -0.2) is 0 Å². The third kappa shape index (κ3) is 81.3. The number of aliphatic hydroxyl groups excluding tert-OH is 2. The molecule has 0 unspecified atom stereocenters. The summed E-state index contributed by atoms with van der Waals surface area (Å²) in [6, 6.07) is 0. The second-order valence-electron chi connectivity index (χ2n) is 1.11. The predicted molar refractivity (Wildman–Crippen MR) is 39.3 cm³/mol. The van der Waals surface area contributed by atoms with Crippen LogP contribution < -0.4 is 22.3 Å². The van der Waals surface area contributed by atoms with Crippen LogP contribution in [0.2, 0.25) is 0 Å². The minimum Gasteiger partial charge on any atom is -1.00 e. The number of quaternary nitrogens is 1. The Morgan fingerprint density at radius 1 is 0.900 bits per heavy atom. The molecule has 0 aliphatic rings. The number of rotatable bonds is 2. The van der Waals surface area contributed by atoms with Crippen LogP contribution in [0.4, 0.5) is 0 Å². The van der Waals surface area contributed by atoms with Crippen molar-refractivity contribution in [2.24, 2.45) is 0 Å². The largest absolute Gasteiger partial charge is 1.00 e. The molecule has 0 aromatic heterocycles. The Morgan fingerprint density at radius 3 is 1.10 bits per heavy atom. The Kier molecular flexibility index (Phi) is 130. The van der Waals surface area contributed by atoms with Crippen molar-refractivity contribution in [3.05, 3.63) is 0 Å². The zero-order valence-corrected chi connectivity index (χ0v) is 8.85. The summed E-state index contributed by atoms with van der Waals surface area (Å²) in [7, 11) is 2.00. The first-order valence-corrected chi connectivity index (χ1v) is 3.13. The van der Waals surface area contributed by atoms with Crippen LogP contribution >= 0.6 is 0 Å². The van der Waals surface area contributed by atoms with Crippen molar-refractivity contribution in [2.75, 3.05) is 27.3 Å². The Labute approximate surface area is 74.2 Å². The summed E-state index contributed by atoms with van der Waals surface area (Å²) in [6.45, 7) is 6.75. The number of aliphatic hydroxyl groups is 2. The average Bonchev–Trinajstić information content (AvgIpc) is 1.98. The van der Waals surface area contributed by atoms with Crippen molar-refractivity contribution in [2.45, 2.75) is 13.8 Å². The van der Waals surface area contributed by atoms with Gasteiger partial charge < -0.3 is 32.5 Å². The van der Waals surface area contributed by atoms with Crippen LogP contribution in [-0.2, 0) is 0 Å². The standard InChI is InChI=1S/C4H11N.2CH4O.BrH/c1-3-5-4-2;2*1-2;/h5H,3-4H2,1-2H3;2*2H,1H3;1H. The van der Waals surface area contributed by atoms with Gasteiger partial charge in [0.05, 0.1) is 13.1 Å². The summed E-state index contributed by atoms with van der Waals surface area (Å²) >= 11 is 0. The highest BCUT2D eigenvalue weighted by atomic mass is 79.9. The highest BCUT2D eigenvalue weighted by Gasteiger charge is 1.67. The fourth-order valence-electron chi connectivity index (χ4n) is 0.289. The van der Waals surface area contributed by atoms with Crippen LogP contribution in [-0.4, -0.2) is 37.5 Å². The lowest BCUT2D eigenvalue weighted by molar-refractivity contribution is -0.648. The lowest BCUT2D eigenvalue weighted by Gasteiger charge is -1.83. The van der Waals surface area contributed by atoms with E-state index in [1.807, 2.05) is 0 Å². The van der Waals surface area contributed by atoms with Crippen molar-refractivity contribution in [1.82, 2.24) is 0 Å². The van der Waals surface area contributed by atoms with E-state index in [1.54, 1.807) is 0 Å². The van der Waals surface area contributed by atoms with E-state index < -0.39 is 0 Å². The zero-order valence-electron chi connectivity index (χ0n) is 7.26. The highest BCUT2D eigenvalue weighted by Crippen LogP contribution is 1.29. The molecular weight excluding hydrogens is 198 g/mol. The van der Waals surface area contributed by atoms with E-state index >= 15 is 0 Å². The van der Waals surface area contributed by atoms with Gasteiger partial charge in [0.1, 0.15) is 0 Å². The van der Waals surface area contributed by atoms with Crippen LogP contribution in [0.5, 0.6) is 0 Å². The molecule has 0 atom stereocenters. The zero-order chi connectivity index (χ0) is 8.12. The van der Waals surface area contributed by atoms with Crippen LogP contribution in [0.1, 0.15) is 13.8 Å². The third-order valence-corrected chi connectivity index (χ3v) is 0.577. The molecule has 68 valence electrons. The smallest absolute Gasteiger partial charge is 0.0726 e. The van der Waals surface area contributed by atoms with Crippen molar-refractivity contribution in [3.8, 4) is 0 Å². The van der Waals surface area contributed by atoms with Gasteiger partial charge in [0.15, 0.2) is 0 Å². The van der Waals surface area contributed by atoms with Crippen LogP contribution in [0, 0.1) is 0 Å². The van der Waals surface area contributed by atoms with E-state index in [2.05, 4.69) is 19.2 Å². The van der Waals surface area contributed by atoms with Gasteiger partial charge in [-0.2, -0.15) is 0 Å². The number of halogens is 1. The average molecular weight is 218 g/mol. The molecule has 0 bridgehead atoms. The first-order chi connectivity index (χ1) is 4.41. The van der Waals surface area contributed by atoms with E-state index in [0.29, 0.717) is 0 Å². The second kappa shape index (κ2) is 57.9. The highest BCUT2D eigenvalue weighted by molar-refractivity contribution is 3.95. The molecule has 0 amide bonds. The van der Waals surface area contributed by atoms with Gasteiger partial charge in [0.25, 0.3) is 0 Å². The van der Waals surface area contributed by atoms with E-state index in [-0.39, 0.29) is 17.0 Å². The Hall–Kier alpha value is 0.360. The number of hydrogen-bond acceptors (Lipinski definition) is 2. The molecule has 0 aliphatic heterocycles. The fraction of sp³-hybridized carbons (Fsp3) is 1.00. The van der Waals surface area contributed by atoms with Crippen molar-refractivity contribution >= 4 is 0 Å². The first-order valence-electron chi connectivity index (χ1n) is 3.13. The molecular formula is C6H20BrNO2. The summed E-state index contributed by atoms with van der Waals surface area (Å²) < 4.78 is 0. The van der Waals surface area contributed by atoms with E-state index in [0.717, 1.165) is 14.2 Å². The predicted octanol–water partition coefficient (Wildman–Crippen LogP) is -4.19. The monoisotopic (exact) mass is 217 g/mol. The van der Waals surface area contributed by atoms with Gasteiger partial charge in [0.2, 0.25) is 0 Å². The molecule has 0 saturated heterocycles. The summed E-state index contributed by atoms with van der Waals surface area (Å²) in [5.41, 5.74) is 0. The fourth-order valence-corrected chi connectivity index (χ4v) is 0.289. The van der Waals surface area contributed by atoms with Gasteiger partial charge in [-0.3, -0.25) is 0 Å². The molecule has 0 heterocycles. The molecule has 10 heavy (non-hydrogen) atoms. The lowest BCUT2D eigenvalue weighted by Crippen LogP contribution is -3.00. The molecule has 0 aromatic carbocycles. The van der Waals surface area contributed by atoms with E-state index in [1.165, 1.54) is 13.1 Å². The van der Waals surface area contributed by atoms with Gasteiger partial charge in [-0.1, -0.05) is 0 Å². The maximum atomic E-state index is 7.00. The Morgan fingerprint density at radius 2 is 1.10 bits per heavy atom. The molecule has 0 spiro atoms. The quantitative estimate of drug-likeness (QED) is 0.440. The van der Waals surface area contributed by atoms with E-state index in [9.17, 15) is 0 Å². The van der Waals surface area contributed by atoms with Crippen LogP contribution in [0.25, 0.3) is 0 Å². The van der Waals surface area contributed by atoms with Gasteiger partial charge >= 0.3 is 0 Å². The molecule has 0 aromatic rings. The number of nitrogens with two attached hydrogens (primary N) is 1. The minimum absolute atomic E-state index is 0. The summed E-state index contributed by atoms with van der Waals surface area (Å²) in [5.74, 6) is 0. The lowest BCUT2D eigenvalue weighted by atomic mass is 10.7. The van der Waals surface area contributed by atoms with Crippen molar-refractivity contribution in [3.63, 3.8) is 0 Å². The summed E-state index contributed by atoms with van der Waals surface area (Å²) in [6.07, 6.45) is 0. The normalized spacial score (nSPS) is 5.40. The summed E-state index contributed by atoms with van der Waals surface area (Å²) in [5, 5.41) is 16.2. The maximum Gasteiger partial charge on any atom is 0.0726 e. The van der Waals surface area contributed by atoms with Crippen molar-refractivity contribution < 1.29 is 32.5 Å². The molecule has 4 N–H and O–H groups in total. The second-order valence-corrected chi connectivity index (χ2v) is 1.11. The Bertz CT molecular complexity index is 23.2. The molecule has 0 fully saturated rings. The Balaban J connectivity index is -0.0000000315. The van der Waals surface area contributed by atoms with Gasteiger partial charge in [-0.05, 0) is 13.8 Å². The molecule has 0 rings (SSSR count). The molecule has 0 aliphatic carbocycles. The minimum atomic E-state index is 0. The number of hydrogen-bond donors (Lipinski definition) is 3. The molecule has 0 saturated carbocycles. The van der Waals surface area contributed by atoms with E-state index in [4.69, 9.17) is 10.2 Å². The van der Waals surface area contributed by atoms with Crippen LogP contribution in [0.15, 0.2) is 0 Å². The van der Waals surface area contributed by atoms with Gasteiger partial charge in [-0.15, -0.1) is 0 Å². The maximum absolute atomic E-state index is 7.00. The SMILES string of the molecule is CC[NH2+]CC.CO.CO.[Br-]. The first kappa shape index (κ1) is 22.4. The summed E-state index contributed by atoms with van der Waals surface area (Å²) in [4.78, 5) is 0. The third-order valence-electron chi connectivity index (χ3n) is 0.577. The van der Waals surface area contributed by atoms with Crippen molar-refractivity contribution in [1.29, 1.82) is 0 Å². The molecule has 0 radical (unpaired) electrons. The van der Waals surface area contributed by atoms with Crippen LogP contribution in [0.3, 0.4) is 0 Å². The van der Waals surface area contributed by atoms with Gasteiger partial charge in [0, 0.05) is 14.2 Å². The molecule has 3 nitrogen and oxygen atoms in total. The molecule has 4 heteroatoms.